The van der Waals surface area contributed by atoms with Gasteiger partial charge in [-0.3, -0.25) is 4.79 Å². The number of hydrogen-bond acceptors (Lipinski definition) is 6. The van der Waals surface area contributed by atoms with Crippen LogP contribution < -0.4 is 14.2 Å². The van der Waals surface area contributed by atoms with Crippen molar-refractivity contribution in [3.05, 3.63) is 94.7 Å². The molecule has 0 saturated heterocycles. The molecule has 7 heteroatoms. The van der Waals surface area contributed by atoms with Crippen LogP contribution in [0.4, 0.5) is 4.39 Å². The van der Waals surface area contributed by atoms with E-state index < -0.39 is 11.8 Å². The molecule has 0 atom stereocenters. The van der Waals surface area contributed by atoms with Crippen molar-refractivity contribution in [3.8, 4) is 17.2 Å². The lowest BCUT2D eigenvalue weighted by Gasteiger charge is -2.06. The van der Waals surface area contributed by atoms with Crippen molar-refractivity contribution >= 4 is 28.8 Å². The quantitative estimate of drug-likeness (QED) is 0.204. The highest BCUT2D eigenvalue weighted by Crippen LogP contribution is 2.36. The van der Waals surface area contributed by atoms with Crippen LogP contribution in [0.1, 0.15) is 39.0 Å². The smallest absolute Gasteiger partial charge is 0.347 e. The predicted molar refractivity (Wildman–Crippen MR) is 123 cm³/mol. The zero-order chi connectivity index (χ0) is 23.8. The lowest BCUT2D eigenvalue weighted by atomic mass is 10.1. The Hall–Kier alpha value is -4.39. The van der Waals surface area contributed by atoms with Crippen molar-refractivity contribution in [3.63, 3.8) is 0 Å². The third-order valence-corrected chi connectivity index (χ3v) is 5.39. The van der Waals surface area contributed by atoms with Crippen LogP contribution in [0.15, 0.2) is 70.8 Å². The third-order valence-electron chi connectivity index (χ3n) is 5.39. The zero-order valence-corrected chi connectivity index (χ0v) is 18.4. The molecule has 170 valence electrons. The molecule has 0 aliphatic carbocycles. The summed E-state index contributed by atoms with van der Waals surface area (Å²) in [6, 6.07) is 15.8. The number of allylic oxidation sites excluding steroid dienone is 1. The van der Waals surface area contributed by atoms with Crippen LogP contribution in [0.3, 0.4) is 0 Å². The highest BCUT2D eigenvalue weighted by molar-refractivity contribution is 6.14. The van der Waals surface area contributed by atoms with Crippen molar-refractivity contribution in [1.82, 2.24) is 0 Å². The molecule has 2 heterocycles. The number of carbonyl (C=O) groups excluding carboxylic acids is 2. The molecule has 0 N–H and O–H groups in total. The minimum Gasteiger partial charge on any atom is -0.494 e. The van der Waals surface area contributed by atoms with Crippen molar-refractivity contribution in [2.24, 2.45) is 0 Å². The van der Waals surface area contributed by atoms with Crippen LogP contribution in [0, 0.1) is 12.7 Å². The average Bonchev–Trinajstić information content (AvgIpc) is 3.30. The number of ketones is 1. The van der Waals surface area contributed by atoms with Gasteiger partial charge in [0.05, 0.1) is 12.2 Å². The normalized spacial score (nSPS) is 13.7. The first-order valence-corrected chi connectivity index (χ1v) is 10.7. The van der Waals surface area contributed by atoms with E-state index in [2.05, 4.69) is 0 Å². The second kappa shape index (κ2) is 8.51. The first-order chi connectivity index (χ1) is 16.4. The molecule has 6 nitrogen and oxygen atoms in total. The first kappa shape index (κ1) is 21.5. The van der Waals surface area contributed by atoms with Crippen LogP contribution in [0.2, 0.25) is 0 Å². The number of aryl methyl sites for hydroxylation is 1. The van der Waals surface area contributed by atoms with Crippen molar-refractivity contribution in [1.29, 1.82) is 0 Å². The highest BCUT2D eigenvalue weighted by atomic mass is 19.1. The Morgan fingerprint density at radius 3 is 2.65 bits per heavy atom. The second-order valence-electron chi connectivity index (χ2n) is 7.63. The van der Waals surface area contributed by atoms with Crippen LogP contribution >= 0.6 is 0 Å². The van der Waals surface area contributed by atoms with Gasteiger partial charge in [0, 0.05) is 17.0 Å². The maximum Gasteiger partial charge on any atom is 0.347 e. The fraction of sp³-hybridized carbons (Fsp3) is 0.111. The molecule has 0 fully saturated rings. The maximum absolute atomic E-state index is 14.0. The molecule has 0 amide bonds. The lowest BCUT2D eigenvalue weighted by Crippen LogP contribution is -2.09. The molecule has 0 radical (unpaired) electrons. The van der Waals surface area contributed by atoms with Gasteiger partial charge in [0.25, 0.3) is 0 Å². The second-order valence-corrected chi connectivity index (χ2v) is 7.63. The molecular formula is C27H19FO6. The van der Waals surface area contributed by atoms with Gasteiger partial charge >= 0.3 is 5.97 Å². The summed E-state index contributed by atoms with van der Waals surface area (Å²) in [5, 5.41) is 0.580. The van der Waals surface area contributed by atoms with Gasteiger partial charge in [0.15, 0.2) is 5.76 Å². The molecule has 5 rings (SSSR count). The molecule has 1 aliphatic rings. The van der Waals surface area contributed by atoms with Crippen LogP contribution in [-0.4, -0.2) is 18.4 Å². The Bertz CT molecular complexity index is 1480. The van der Waals surface area contributed by atoms with E-state index in [-0.39, 0.29) is 34.2 Å². The van der Waals surface area contributed by atoms with Crippen LogP contribution in [0.25, 0.3) is 17.0 Å². The summed E-state index contributed by atoms with van der Waals surface area (Å²) in [6.07, 6.45) is 1.35. The van der Waals surface area contributed by atoms with Gasteiger partial charge in [0.2, 0.25) is 5.78 Å². The van der Waals surface area contributed by atoms with Gasteiger partial charge in [-0.1, -0.05) is 18.2 Å². The summed E-state index contributed by atoms with van der Waals surface area (Å²) in [5.41, 5.74) is 1.36. The molecule has 0 unspecified atom stereocenters. The molecule has 1 aliphatic heterocycles. The fourth-order valence-electron chi connectivity index (χ4n) is 3.83. The largest absolute Gasteiger partial charge is 0.494 e. The summed E-state index contributed by atoms with van der Waals surface area (Å²) < 4.78 is 36.4. The monoisotopic (exact) mass is 458 g/mol. The van der Waals surface area contributed by atoms with Crippen LogP contribution in [0.5, 0.6) is 17.2 Å². The van der Waals surface area contributed by atoms with Gasteiger partial charge in [-0.2, -0.15) is 0 Å². The van der Waals surface area contributed by atoms with E-state index in [0.29, 0.717) is 34.6 Å². The predicted octanol–water partition coefficient (Wildman–Crippen LogP) is 6.11. The number of rotatable bonds is 5. The van der Waals surface area contributed by atoms with Gasteiger partial charge in [-0.25, -0.2) is 9.18 Å². The van der Waals surface area contributed by atoms with E-state index >= 15 is 0 Å². The molecule has 0 bridgehead atoms. The third kappa shape index (κ3) is 3.81. The number of fused-ring (bicyclic) bond motifs is 2. The zero-order valence-electron chi connectivity index (χ0n) is 18.4. The highest BCUT2D eigenvalue weighted by Gasteiger charge is 2.29. The molecule has 0 saturated carbocycles. The number of halogens is 1. The van der Waals surface area contributed by atoms with Gasteiger partial charge < -0.3 is 18.6 Å². The minimum atomic E-state index is -0.615. The van der Waals surface area contributed by atoms with E-state index in [1.165, 1.54) is 30.3 Å². The van der Waals surface area contributed by atoms with Crippen molar-refractivity contribution in [2.45, 2.75) is 13.8 Å². The number of esters is 1. The fourth-order valence-corrected chi connectivity index (χ4v) is 3.83. The summed E-state index contributed by atoms with van der Waals surface area (Å²) in [4.78, 5) is 25.7. The Labute approximate surface area is 194 Å². The number of carbonyl (C=O) groups is 2. The number of Topliss-reactive ketones (excluding diaryl/α,β-unsaturated/α-hetero) is 1. The lowest BCUT2D eigenvalue weighted by molar-refractivity contribution is 0.0734. The SMILES string of the molecule is CCOc1ccc2oc(C)c(C(=O)Oc3ccc4c(c3)OC(=Cc3ccccc3F)C4=O)c2c1. The maximum atomic E-state index is 14.0. The average molecular weight is 458 g/mol. The van der Waals surface area contributed by atoms with E-state index in [1.54, 1.807) is 43.3 Å². The summed E-state index contributed by atoms with van der Waals surface area (Å²) >= 11 is 0. The van der Waals surface area contributed by atoms with Gasteiger partial charge in [0.1, 0.15) is 40.0 Å². The van der Waals surface area contributed by atoms with Crippen LogP contribution in [-0.2, 0) is 0 Å². The van der Waals surface area contributed by atoms with Crippen molar-refractivity contribution < 1.29 is 32.6 Å². The summed E-state index contributed by atoms with van der Waals surface area (Å²) in [5.74, 6) is -0.0214. The molecule has 0 spiro atoms. The molecular weight excluding hydrogens is 439 g/mol. The Balaban J connectivity index is 1.41. The Kier molecular flexibility index (Phi) is 5.37. The molecule has 34 heavy (non-hydrogen) atoms. The molecule has 3 aromatic carbocycles. The molecule has 4 aromatic rings. The summed E-state index contributed by atoms with van der Waals surface area (Å²) in [6.45, 7) is 4.04. The number of furan rings is 1. The first-order valence-electron chi connectivity index (χ1n) is 10.7. The Morgan fingerprint density at radius 1 is 1.06 bits per heavy atom. The van der Waals surface area contributed by atoms with Crippen molar-refractivity contribution in [2.75, 3.05) is 6.61 Å². The topological polar surface area (TPSA) is 75.0 Å². The molecule has 1 aromatic heterocycles. The Morgan fingerprint density at radius 2 is 1.85 bits per heavy atom. The number of ether oxygens (including phenoxy) is 3. The van der Waals surface area contributed by atoms with Gasteiger partial charge in [-0.15, -0.1) is 0 Å². The van der Waals surface area contributed by atoms with Gasteiger partial charge in [-0.05, 0) is 56.3 Å². The van der Waals surface area contributed by atoms with E-state index in [1.807, 2.05) is 6.92 Å². The minimum absolute atomic E-state index is 0.0105. The van der Waals surface area contributed by atoms with E-state index in [0.717, 1.165) is 0 Å². The van der Waals surface area contributed by atoms with E-state index in [9.17, 15) is 14.0 Å². The summed E-state index contributed by atoms with van der Waals surface area (Å²) in [7, 11) is 0. The number of benzene rings is 3. The van der Waals surface area contributed by atoms with E-state index in [4.69, 9.17) is 18.6 Å². The number of hydrogen-bond donors (Lipinski definition) is 0. The standard InChI is InChI=1S/C27H19FO6/c1-3-31-17-9-11-22-20(13-17)25(15(2)32-22)27(30)33-18-8-10-19-23(14-18)34-24(26(19)29)12-16-6-4-5-7-21(16)28/h4-14H,3H2,1-2H3.